The first-order valence-corrected chi connectivity index (χ1v) is 7.83. The summed E-state index contributed by atoms with van der Waals surface area (Å²) in [7, 11) is 0. The van der Waals surface area contributed by atoms with E-state index >= 15 is 0 Å². The molecular weight excluding hydrogens is 368 g/mol. The Bertz CT molecular complexity index is 790. The monoisotopic (exact) mass is 384 g/mol. The number of alkyl halides is 3. The van der Waals surface area contributed by atoms with Gasteiger partial charge in [0.1, 0.15) is 11.6 Å². The highest BCUT2D eigenvalue weighted by molar-refractivity contribution is 5.96. The molecule has 0 saturated heterocycles. The molecule has 0 saturated carbocycles. The minimum atomic E-state index is -4.77. The summed E-state index contributed by atoms with van der Waals surface area (Å²) in [5, 5.41) is 4.99. The Morgan fingerprint density at radius 3 is 2.19 bits per heavy atom. The summed E-state index contributed by atoms with van der Waals surface area (Å²) in [5.74, 6) is -1.87. The number of benzene rings is 2. The Morgan fingerprint density at radius 1 is 1.04 bits per heavy atom. The molecule has 2 rings (SSSR count). The van der Waals surface area contributed by atoms with E-state index in [1.54, 1.807) is 6.92 Å². The third-order valence-corrected chi connectivity index (χ3v) is 3.51. The molecule has 27 heavy (non-hydrogen) atoms. The van der Waals surface area contributed by atoms with Crippen molar-refractivity contribution in [2.24, 2.45) is 0 Å². The SMILES string of the molecule is CC(NC(=O)CNC(=O)c1ccc(F)cc1)c1ccc(OC(F)(F)F)cc1. The van der Waals surface area contributed by atoms with Gasteiger partial charge in [-0.15, -0.1) is 13.2 Å². The Kier molecular flexibility index (Phi) is 6.38. The summed E-state index contributed by atoms with van der Waals surface area (Å²) in [5.41, 5.74) is 0.764. The minimum absolute atomic E-state index is 0.206. The maximum Gasteiger partial charge on any atom is 0.573 e. The molecule has 1 unspecified atom stereocenters. The summed E-state index contributed by atoms with van der Waals surface area (Å²) in [6, 6.07) is 9.40. The van der Waals surface area contributed by atoms with Crippen LogP contribution in [0.5, 0.6) is 5.75 Å². The fraction of sp³-hybridized carbons (Fsp3) is 0.222. The predicted molar refractivity (Wildman–Crippen MR) is 88.4 cm³/mol. The summed E-state index contributed by atoms with van der Waals surface area (Å²) >= 11 is 0. The van der Waals surface area contributed by atoms with Crippen molar-refractivity contribution in [2.45, 2.75) is 19.3 Å². The van der Waals surface area contributed by atoms with Gasteiger partial charge in [0.15, 0.2) is 0 Å². The van der Waals surface area contributed by atoms with Gasteiger partial charge in [-0.3, -0.25) is 9.59 Å². The first-order valence-electron chi connectivity index (χ1n) is 7.83. The van der Waals surface area contributed by atoms with Crippen LogP contribution in [-0.4, -0.2) is 24.7 Å². The van der Waals surface area contributed by atoms with E-state index in [2.05, 4.69) is 15.4 Å². The summed E-state index contributed by atoms with van der Waals surface area (Å²) in [4.78, 5) is 23.8. The molecule has 0 aromatic heterocycles. The van der Waals surface area contributed by atoms with E-state index in [0.29, 0.717) is 5.56 Å². The summed E-state index contributed by atoms with van der Waals surface area (Å²) < 4.78 is 53.0. The Morgan fingerprint density at radius 2 is 1.63 bits per heavy atom. The summed E-state index contributed by atoms with van der Waals surface area (Å²) in [6.07, 6.45) is -4.77. The van der Waals surface area contributed by atoms with E-state index in [9.17, 15) is 27.2 Å². The maximum atomic E-state index is 12.8. The lowest BCUT2D eigenvalue weighted by atomic mass is 10.1. The number of carbonyl (C=O) groups is 2. The Labute approximate surface area is 152 Å². The average Bonchev–Trinajstić information content (AvgIpc) is 2.59. The molecule has 5 nitrogen and oxygen atoms in total. The van der Waals surface area contributed by atoms with Gasteiger partial charge in [-0.1, -0.05) is 12.1 Å². The van der Waals surface area contributed by atoms with Gasteiger partial charge in [-0.2, -0.15) is 0 Å². The molecule has 0 bridgehead atoms. The van der Waals surface area contributed by atoms with Gasteiger partial charge in [-0.05, 0) is 48.9 Å². The summed E-state index contributed by atoms with van der Waals surface area (Å²) in [6.45, 7) is 1.33. The van der Waals surface area contributed by atoms with Crippen molar-refractivity contribution in [2.75, 3.05) is 6.54 Å². The largest absolute Gasteiger partial charge is 0.573 e. The fourth-order valence-electron chi connectivity index (χ4n) is 2.20. The van der Waals surface area contributed by atoms with Crippen LogP contribution in [-0.2, 0) is 4.79 Å². The predicted octanol–water partition coefficient (Wildman–Crippen LogP) is 3.33. The van der Waals surface area contributed by atoms with Crippen LogP contribution >= 0.6 is 0 Å². The quantitative estimate of drug-likeness (QED) is 0.751. The van der Waals surface area contributed by atoms with Crippen molar-refractivity contribution in [1.29, 1.82) is 0 Å². The van der Waals surface area contributed by atoms with Crippen LogP contribution < -0.4 is 15.4 Å². The number of halogens is 4. The molecule has 0 heterocycles. The highest BCUT2D eigenvalue weighted by Gasteiger charge is 2.31. The highest BCUT2D eigenvalue weighted by atomic mass is 19.4. The normalized spacial score (nSPS) is 12.2. The van der Waals surface area contributed by atoms with Crippen LogP contribution in [0.2, 0.25) is 0 Å². The molecule has 2 aromatic rings. The van der Waals surface area contributed by atoms with Crippen molar-refractivity contribution in [1.82, 2.24) is 10.6 Å². The molecule has 0 fully saturated rings. The lowest BCUT2D eigenvalue weighted by Gasteiger charge is -2.16. The third-order valence-electron chi connectivity index (χ3n) is 3.51. The Balaban J connectivity index is 1.84. The van der Waals surface area contributed by atoms with Gasteiger partial charge in [0.2, 0.25) is 5.91 Å². The Hall–Kier alpha value is -3.10. The molecular formula is C18H16F4N2O3. The first-order chi connectivity index (χ1) is 12.6. The fourth-order valence-corrected chi connectivity index (χ4v) is 2.20. The van der Waals surface area contributed by atoms with E-state index < -0.39 is 30.0 Å². The van der Waals surface area contributed by atoms with Gasteiger partial charge < -0.3 is 15.4 Å². The number of ether oxygens (including phenoxy) is 1. The smallest absolute Gasteiger partial charge is 0.406 e. The standard InChI is InChI=1S/C18H16F4N2O3/c1-11(12-4-8-15(9-5-12)27-18(20,21)22)24-16(25)10-23-17(26)13-2-6-14(19)7-3-13/h2-9,11H,10H2,1H3,(H,23,26)(H,24,25). The lowest BCUT2D eigenvalue weighted by molar-refractivity contribution is -0.274. The molecule has 0 aliphatic carbocycles. The van der Waals surface area contributed by atoms with Crippen LogP contribution in [0.1, 0.15) is 28.9 Å². The molecule has 1 atom stereocenters. The molecule has 0 aliphatic heterocycles. The second kappa shape index (κ2) is 8.52. The molecule has 0 spiro atoms. The van der Waals surface area contributed by atoms with E-state index in [-0.39, 0.29) is 17.9 Å². The van der Waals surface area contributed by atoms with Crippen molar-refractivity contribution in [3.05, 3.63) is 65.5 Å². The van der Waals surface area contributed by atoms with Crippen LogP contribution in [0.3, 0.4) is 0 Å². The number of hydrogen-bond acceptors (Lipinski definition) is 3. The number of rotatable bonds is 6. The zero-order valence-electron chi connectivity index (χ0n) is 14.1. The third kappa shape index (κ3) is 6.61. The lowest BCUT2D eigenvalue weighted by Crippen LogP contribution is -2.38. The number of hydrogen-bond donors (Lipinski definition) is 2. The highest BCUT2D eigenvalue weighted by Crippen LogP contribution is 2.24. The molecule has 2 N–H and O–H groups in total. The van der Waals surface area contributed by atoms with Gasteiger partial charge in [-0.25, -0.2) is 4.39 Å². The van der Waals surface area contributed by atoms with E-state index in [0.717, 1.165) is 24.3 Å². The van der Waals surface area contributed by atoms with Gasteiger partial charge in [0.05, 0.1) is 12.6 Å². The van der Waals surface area contributed by atoms with E-state index in [4.69, 9.17) is 0 Å². The molecule has 2 aromatic carbocycles. The molecule has 9 heteroatoms. The number of carbonyl (C=O) groups excluding carboxylic acids is 2. The number of nitrogens with one attached hydrogen (secondary N) is 2. The van der Waals surface area contributed by atoms with E-state index in [1.165, 1.54) is 24.3 Å². The van der Waals surface area contributed by atoms with Crippen molar-refractivity contribution in [3.63, 3.8) is 0 Å². The van der Waals surface area contributed by atoms with Gasteiger partial charge in [0.25, 0.3) is 5.91 Å². The van der Waals surface area contributed by atoms with Crippen LogP contribution in [0.4, 0.5) is 17.6 Å². The second-order valence-corrected chi connectivity index (χ2v) is 5.60. The minimum Gasteiger partial charge on any atom is -0.406 e. The average molecular weight is 384 g/mol. The zero-order valence-corrected chi connectivity index (χ0v) is 14.1. The van der Waals surface area contributed by atoms with Crippen molar-refractivity contribution >= 4 is 11.8 Å². The molecule has 144 valence electrons. The van der Waals surface area contributed by atoms with Gasteiger partial charge in [0, 0.05) is 5.56 Å². The van der Waals surface area contributed by atoms with Gasteiger partial charge >= 0.3 is 6.36 Å². The topological polar surface area (TPSA) is 67.4 Å². The molecule has 0 aliphatic rings. The molecule has 0 radical (unpaired) electrons. The van der Waals surface area contributed by atoms with Crippen LogP contribution in [0, 0.1) is 5.82 Å². The zero-order chi connectivity index (χ0) is 20.0. The first kappa shape index (κ1) is 20.2. The second-order valence-electron chi connectivity index (χ2n) is 5.60. The molecule has 2 amide bonds. The van der Waals surface area contributed by atoms with Crippen molar-refractivity contribution < 1.29 is 31.9 Å². The number of amides is 2. The van der Waals surface area contributed by atoms with Crippen molar-refractivity contribution in [3.8, 4) is 5.75 Å². The maximum absolute atomic E-state index is 12.8. The van der Waals surface area contributed by atoms with Crippen LogP contribution in [0.15, 0.2) is 48.5 Å². The van der Waals surface area contributed by atoms with Crippen LogP contribution in [0.25, 0.3) is 0 Å². The van der Waals surface area contributed by atoms with E-state index in [1.807, 2.05) is 0 Å².